The molecule has 212 valence electrons. The fourth-order valence-corrected chi connectivity index (χ4v) is 5.74. The lowest BCUT2D eigenvalue weighted by atomic mass is 9.84. The maximum atomic E-state index is 5.37. The minimum absolute atomic E-state index is 0.0868. The molecule has 0 N–H and O–H groups in total. The van der Waals surface area contributed by atoms with Crippen molar-refractivity contribution in [3.05, 3.63) is 71.2 Å². The van der Waals surface area contributed by atoms with Crippen LogP contribution in [-0.4, -0.2) is 51.8 Å². The van der Waals surface area contributed by atoms with E-state index in [0.717, 1.165) is 54.6 Å². The molecule has 2 aromatic heterocycles. The molecule has 7 nitrogen and oxygen atoms in total. The smallest absolute Gasteiger partial charge is 0.227 e. The van der Waals surface area contributed by atoms with E-state index in [9.17, 15) is 0 Å². The van der Waals surface area contributed by atoms with E-state index in [1.807, 2.05) is 18.5 Å². The molecule has 1 saturated heterocycles. The van der Waals surface area contributed by atoms with Crippen LogP contribution >= 0.6 is 0 Å². The minimum Gasteiger partial charge on any atom is -0.497 e. The number of rotatable bonds is 6. The van der Waals surface area contributed by atoms with E-state index in [1.165, 1.54) is 22.4 Å². The van der Waals surface area contributed by atoms with Crippen molar-refractivity contribution in [2.75, 3.05) is 36.5 Å². The Balaban J connectivity index is 1.51. The summed E-state index contributed by atoms with van der Waals surface area (Å²) in [4.78, 5) is 19.8. The summed E-state index contributed by atoms with van der Waals surface area (Å²) in [5.74, 6) is 1.64. The van der Waals surface area contributed by atoms with Crippen LogP contribution < -0.4 is 14.5 Å². The third kappa shape index (κ3) is 5.38. The maximum Gasteiger partial charge on any atom is 0.227 e. The van der Waals surface area contributed by atoms with Gasteiger partial charge >= 0.3 is 0 Å². The number of hydrogen-bond donors (Lipinski definition) is 0. The highest BCUT2D eigenvalue weighted by atomic mass is 16.5. The van der Waals surface area contributed by atoms with Gasteiger partial charge in [0.15, 0.2) is 5.65 Å². The topological polar surface area (TPSA) is 59.3 Å². The van der Waals surface area contributed by atoms with Gasteiger partial charge in [0.2, 0.25) is 5.95 Å². The third-order valence-electron chi connectivity index (χ3n) is 8.19. The third-order valence-corrected chi connectivity index (χ3v) is 8.19. The van der Waals surface area contributed by atoms with Gasteiger partial charge in [-0.3, -0.25) is 0 Å². The molecule has 0 bridgehead atoms. The first-order chi connectivity index (χ1) is 18.9. The van der Waals surface area contributed by atoms with Gasteiger partial charge in [-0.25, -0.2) is 9.97 Å². The van der Waals surface area contributed by atoms with Crippen molar-refractivity contribution in [3.8, 4) is 5.75 Å². The largest absolute Gasteiger partial charge is 0.497 e. The number of aryl methyl sites for hydroxylation is 1. The number of benzene rings is 2. The number of ether oxygens (including phenoxy) is 1. The lowest BCUT2D eigenvalue weighted by Crippen LogP contribution is -2.60. The number of piperazine rings is 1. The van der Waals surface area contributed by atoms with E-state index in [4.69, 9.17) is 19.7 Å². The van der Waals surface area contributed by atoms with E-state index in [2.05, 4.69) is 100 Å². The molecule has 3 heterocycles. The highest BCUT2D eigenvalue weighted by molar-refractivity contribution is 5.76. The molecule has 0 atom stereocenters. The zero-order valence-corrected chi connectivity index (χ0v) is 25.6. The predicted octanol–water partition coefficient (Wildman–Crippen LogP) is 6.72. The number of imidazole rings is 1. The summed E-state index contributed by atoms with van der Waals surface area (Å²) in [6.45, 7) is 20.5. The van der Waals surface area contributed by atoms with Crippen LogP contribution in [0.3, 0.4) is 0 Å². The molecule has 7 heteroatoms. The van der Waals surface area contributed by atoms with Crippen molar-refractivity contribution in [1.29, 1.82) is 0 Å². The molecule has 0 unspecified atom stereocenters. The van der Waals surface area contributed by atoms with Crippen LogP contribution in [0.5, 0.6) is 5.75 Å². The normalized spacial score (nSPS) is 15.8. The number of nitrogens with zero attached hydrogens (tertiary/aromatic N) is 6. The Hall–Kier alpha value is -3.61. The van der Waals surface area contributed by atoms with Crippen molar-refractivity contribution in [1.82, 2.24) is 19.5 Å². The molecular formula is C33H44N6O. The second kappa shape index (κ2) is 10.4. The summed E-state index contributed by atoms with van der Waals surface area (Å²) in [7, 11) is 1.70. The van der Waals surface area contributed by atoms with Crippen molar-refractivity contribution < 1.29 is 4.74 Å². The van der Waals surface area contributed by atoms with E-state index < -0.39 is 0 Å². The Morgan fingerprint density at radius 1 is 1.00 bits per heavy atom. The summed E-state index contributed by atoms with van der Waals surface area (Å²) in [5.41, 5.74) is 7.95. The predicted molar refractivity (Wildman–Crippen MR) is 165 cm³/mol. The molecule has 0 radical (unpaired) electrons. The monoisotopic (exact) mass is 540 g/mol. The van der Waals surface area contributed by atoms with Gasteiger partial charge in [-0.05, 0) is 81.0 Å². The van der Waals surface area contributed by atoms with Gasteiger partial charge in [0.25, 0.3) is 0 Å². The van der Waals surface area contributed by atoms with Gasteiger partial charge in [-0.15, -0.1) is 0 Å². The van der Waals surface area contributed by atoms with E-state index >= 15 is 0 Å². The highest BCUT2D eigenvalue weighted by Crippen LogP contribution is 2.33. The second-order valence-corrected chi connectivity index (χ2v) is 13.0. The van der Waals surface area contributed by atoms with Gasteiger partial charge < -0.3 is 19.1 Å². The van der Waals surface area contributed by atoms with Crippen molar-refractivity contribution in [2.45, 2.75) is 78.8 Å². The quantitative estimate of drug-likeness (QED) is 0.271. The van der Waals surface area contributed by atoms with E-state index in [-0.39, 0.29) is 17.0 Å². The van der Waals surface area contributed by atoms with E-state index in [1.54, 1.807) is 7.11 Å². The molecule has 2 aromatic carbocycles. The van der Waals surface area contributed by atoms with E-state index in [0.29, 0.717) is 0 Å². The van der Waals surface area contributed by atoms with Crippen LogP contribution in [0, 0.1) is 6.92 Å². The SMILES string of the molecule is COc1ccc(N2CCN(c3nc(Cc4cc(C(C)(C)C)ccc4C)c4c(ncn4C(C)C)n3)CC2(C)C)cc1. The van der Waals surface area contributed by atoms with Crippen LogP contribution in [0.25, 0.3) is 11.2 Å². The molecule has 1 fully saturated rings. The summed E-state index contributed by atoms with van der Waals surface area (Å²) >= 11 is 0. The molecule has 5 rings (SSSR count). The first-order valence-electron chi connectivity index (χ1n) is 14.4. The van der Waals surface area contributed by atoms with Gasteiger partial charge in [0, 0.05) is 37.8 Å². The number of aromatic nitrogens is 4. The molecule has 0 aliphatic carbocycles. The average Bonchev–Trinajstić information content (AvgIpc) is 3.34. The van der Waals surface area contributed by atoms with Crippen molar-refractivity contribution in [3.63, 3.8) is 0 Å². The van der Waals surface area contributed by atoms with Crippen molar-refractivity contribution in [2.24, 2.45) is 0 Å². The number of fused-ring (bicyclic) bond motifs is 1. The molecule has 1 aliphatic rings. The van der Waals surface area contributed by atoms with Crippen LogP contribution in [0.4, 0.5) is 11.6 Å². The van der Waals surface area contributed by atoms with Crippen LogP contribution in [0.1, 0.15) is 76.9 Å². The zero-order chi connectivity index (χ0) is 28.8. The standard InChI is InChI=1S/C33H44N6O/c1-22(2)38-21-34-30-29(38)28(19-24-18-25(32(4,5)6)11-10-23(24)3)35-31(36-30)37-16-17-39(33(7,8)20-37)26-12-14-27(40-9)15-13-26/h10-15,18,21-22H,16-17,19-20H2,1-9H3. The van der Waals surface area contributed by atoms with Crippen molar-refractivity contribution >= 4 is 22.8 Å². The Morgan fingerprint density at radius 2 is 1.73 bits per heavy atom. The van der Waals surface area contributed by atoms with Gasteiger partial charge in [-0.1, -0.05) is 39.0 Å². The van der Waals surface area contributed by atoms with Gasteiger partial charge in [0.05, 0.1) is 24.7 Å². The fraction of sp³-hybridized carbons (Fsp3) is 0.485. The molecular weight excluding hydrogens is 496 g/mol. The van der Waals surface area contributed by atoms with Crippen LogP contribution in [0.15, 0.2) is 48.8 Å². The van der Waals surface area contributed by atoms with Gasteiger partial charge in [0.1, 0.15) is 11.3 Å². The number of hydrogen-bond acceptors (Lipinski definition) is 6. The highest BCUT2D eigenvalue weighted by Gasteiger charge is 2.35. The maximum absolute atomic E-state index is 5.37. The Bertz CT molecular complexity index is 1500. The molecule has 40 heavy (non-hydrogen) atoms. The first-order valence-corrected chi connectivity index (χ1v) is 14.4. The van der Waals surface area contributed by atoms with Crippen LogP contribution in [0.2, 0.25) is 0 Å². The van der Waals surface area contributed by atoms with Gasteiger partial charge in [-0.2, -0.15) is 4.98 Å². The molecule has 0 amide bonds. The Kier molecular flexibility index (Phi) is 7.28. The summed E-state index contributed by atoms with van der Waals surface area (Å²) < 4.78 is 7.58. The Morgan fingerprint density at radius 3 is 2.35 bits per heavy atom. The first kappa shape index (κ1) is 27.9. The molecule has 0 spiro atoms. The number of methoxy groups -OCH3 is 1. The number of anilines is 2. The summed E-state index contributed by atoms with van der Waals surface area (Å²) in [5, 5.41) is 0. The average molecular weight is 541 g/mol. The van der Waals surface area contributed by atoms with Crippen LogP contribution in [-0.2, 0) is 11.8 Å². The Labute approximate surface area is 239 Å². The lowest BCUT2D eigenvalue weighted by molar-refractivity contribution is 0.408. The minimum atomic E-state index is -0.111. The zero-order valence-electron chi connectivity index (χ0n) is 25.6. The fourth-order valence-electron chi connectivity index (χ4n) is 5.74. The lowest BCUT2D eigenvalue weighted by Gasteiger charge is -2.48. The summed E-state index contributed by atoms with van der Waals surface area (Å²) in [6, 6.07) is 15.5. The molecule has 4 aromatic rings. The summed E-state index contributed by atoms with van der Waals surface area (Å²) in [6.07, 6.45) is 2.66. The second-order valence-electron chi connectivity index (χ2n) is 13.0. The molecule has 0 saturated carbocycles. The molecule has 1 aliphatic heterocycles.